The van der Waals surface area contributed by atoms with Crippen LogP contribution in [0.25, 0.3) is 10.9 Å². The number of rotatable bonds is 8. The van der Waals surface area contributed by atoms with E-state index < -0.39 is 0 Å². The Hall–Kier alpha value is -2.18. The Morgan fingerprint density at radius 1 is 1.28 bits per heavy atom. The fourth-order valence-corrected chi connectivity index (χ4v) is 2.82. The molecule has 134 valence electrons. The first-order valence-corrected chi connectivity index (χ1v) is 8.75. The van der Waals surface area contributed by atoms with E-state index in [1.165, 1.54) is 6.42 Å². The summed E-state index contributed by atoms with van der Waals surface area (Å²) in [5, 5.41) is 3.82. The van der Waals surface area contributed by atoms with Gasteiger partial charge < -0.3 is 19.5 Å². The molecule has 25 heavy (non-hydrogen) atoms. The number of fused-ring (bicyclic) bond motifs is 1. The number of carbonyl (C=O) groups excluding carboxylic acids is 1. The molecule has 1 aliphatic rings. The molecule has 0 saturated carbocycles. The van der Waals surface area contributed by atoms with Crippen LogP contribution in [0.1, 0.15) is 19.3 Å². The van der Waals surface area contributed by atoms with Gasteiger partial charge in [0.2, 0.25) is 5.91 Å². The normalized spacial score (nSPS) is 17.4. The third-order valence-corrected chi connectivity index (χ3v) is 4.09. The average Bonchev–Trinajstić information content (AvgIpc) is 2.66. The van der Waals surface area contributed by atoms with Crippen LogP contribution in [0.5, 0.6) is 5.75 Å². The minimum Gasteiger partial charge on any atom is -0.489 e. The molecule has 3 rings (SSSR count). The van der Waals surface area contributed by atoms with E-state index >= 15 is 0 Å². The first-order chi connectivity index (χ1) is 12.3. The average molecular weight is 344 g/mol. The zero-order chi connectivity index (χ0) is 17.3. The van der Waals surface area contributed by atoms with E-state index in [4.69, 9.17) is 14.2 Å². The van der Waals surface area contributed by atoms with E-state index in [1.807, 2.05) is 30.3 Å². The van der Waals surface area contributed by atoms with Gasteiger partial charge in [-0.2, -0.15) is 0 Å². The number of para-hydroxylation sites is 1. The number of aromatic nitrogens is 1. The standard InChI is InChI=1S/C19H24N2O4/c22-18(14-23-13-16-7-1-2-11-24-16)20-10-12-25-17-8-3-5-15-6-4-9-21-19(15)17/h3-6,8-9,16H,1-2,7,10-14H2,(H,20,22)/t16-/m1/s1. The van der Waals surface area contributed by atoms with Crippen molar-refractivity contribution in [1.29, 1.82) is 0 Å². The highest BCUT2D eigenvalue weighted by Crippen LogP contribution is 2.22. The molecule has 0 radical (unpaired) electrons. The number of ether oxygens (including phenoxy) is 3. The summed E-state index contributed by atoms with van der Waals surface area (Å²) in [7, 11) is 0. The van der Waals surface area contributed by atoms with Crippen LogP contribution in [0.15, 0.2) is 36.5 Å². The Kier molecular flexibility index (Phi) is 6.59. The summed E-state index contributed by atoms with van der Waals surface area (Å²) in [6.45, 7) is 2.13. The van der Waals surface area contributed by atoms with E-state index in [9.17, 15) is 4.79 Å². The number of nitrogens with one attached hydrogen (secondary N) is 1. The molecule has 2 aromatic rings. The summed E-state index contributed by atoms with van der Waals surface area (Å²) in [4.78, 5) is 16.1. The van der Waals surface area contributed by atoms with Gasteiger partial charge in [0.05, 0.1) is 19.3 Å². The molecule has 6 heteroatoms. The van der Waals surface area contributed by atoms with Crippen molar-refractivity contribution < 1.29 is 19.0 Å². The number of benzene rings is 1. The van der Waals surface area contributed by atoms with Gasteiger partial charge in [-0.15, -0.1) is 0 Å². The molecule has 1 saturated heterocycles. The molecule has 0 bridgehead atoms. The first-order valence-electron chi connectivity index (χ1n) is 8.75. The van der Waals surface area contributed by atoms with E-state index in [2.05, 4.69) is 10.3 Å². The van der Waals surface area contributed by atoms with Crippen LogP contribution in [0, 0.1) is 0 Å². The van der Waals surface area contributed by atoms with Gasteiger partial charge in [0.1, 0.15) is 24.5 Å². The van der Waals surface area contributed by atoms with Gasteiger partial charge in [-0.25, -0.2) is 0 Å². The Labute approximate surface area is 147 Å². The van der Waals surface area contributed by atoms with E-state index in [0.29, 0.717) is 19.8 Å². The second-order valence-electron chi connectivity index (χ2n) is 6.03. The Balaban J connectivity index is 1.33. The van der Waals surface area contributed by atoms with E-state index in [-0.39, 0.29) is 18.6 Å². The fourth-order valence-electron chi connectivity index (χ4n) is 2.82. The van der Waals surface area contributed by atoms with Crippen LogP contribution >= 0.6 is 0 Å². The summed E-state index contributed by atoms with van der Waals surface area (Å²) < 4.78 is 16.7. The lowest BCUT2D eigenvalue weighted by molar-refractivity contribution is -0.128. The number of carbonyl (C=O) groups is 1. The molecule has 1 amide bonds. The lowest BCUT2D eigenvalue weighted by Crippen LogP contribution is -2.33. The van der Waals surface area contributed by atoms with Gasteiger partial charge in [-0.1, -0.05) is 18.2 Å². The molecule has 6 nitrogen and oxygen atoms in total. The van der Waals surface area contributed by atoms with Crippen molar-refractivity contribution in [3.63, 3.8) is 0 Å². The lowest BCUT2D eigenvalue weighted by atomic mass is 10.1. The maximum Gasteiger partial charge on any atom is 0.246 e. The highest BCUT2D eigenvalue weighted by atomic mass is 16.5. The number of pyridine rings is 1. The number of amides is 1. The molecule has 1 N–H and O–H groups in total. The van der Waals surface area contributed by atoms with Crippen molar-refractivity contribution in [2.24, 2.45) is 0 Å². The molecule has 1 fully saturated rings. The zero-order valence-electron chi connectivity index (χ0n) is 14.3. The van der Waals surface area contributed by atoms with Gasteiger partial charge in [-0.3, -0.25) is 9.78 Å². The largest absolute Gasteiger partial charge is 0.489 e. The van der Waals surface area contributed by atoms with Crippen molar-refractivity contribution in [3.8, 4) is 5.75 Å². The maximum atomic E-state index is 11.8. The third kappa shape index (κ3) is 5.41. The van der Waals surface area contributed by atoms with Gasteiger partial charge >= 0.3 is 0 Å². The number of hydrogen-bond acceptors (Lipinski definition) is 5. The molecule has 1 aromatic carbocycles. The summed E-state index contributed by atoms with van der Waals surface area (Å²) in [5.41, 5.74) is 0.826. The molecule has 2 heterocycles. The quantitative estimate of drug-likeness (QED) is 0.744. The molecular weight excluding hydrogens is 320 g/mol. The molecule has 1 aliphatic heterocycles. The highest BCUT2D eigenvalue weighted by molar-refractivity contribution is 5.84. The van der Waals surface area contributed by atoms with Gasteiger partial charge in [0.15, 0.2) is 0 Å². The topological polar surface area (TPSA) is 69.7 Å². The van der Waals surface area contributed by atoms with Crippen molar-refractivity contribution in [2.75, 3.05) is 33.0 Å². The van der Waals surface area contributed by atoms with E-state index in [1.54, 1.807) is 6.20 Å². The summed E-state index contributed by atoms with van der Waals surface area (Å²) in [5.74, 6) is 0.577. The Morgan fingerprint density at radius 3 is 3.08 bits per heavy atom. The predicted molar refractivity (Wildman–Crippen MR) is 94.7 cm³/mol. The monoisotopic (exact) mass is 344 g/mol. The molecular formula is C19H24N2O4. The van der Waals surface area contributed by atoms with Gasteiger partial charge in [-0.05, 0) is 31.4 Å². The SMILES string of the molecule is O=C(COC[C@H]1CCCCO1)NCCOc1cccc2cccnc12. The molecule has 0 aliphatic carbocycles. The van der Waals surface area contributed by atoms with Crippen LogP contribution in [0.3, 0.4) is 0 Å². The van der Waals surface area contributed by atoms with Crippen LogP contribution in [0.4, 0.5) is 0 Å². The van der Waals surface area contributed by atoms with Gasteiger partial charge in [0, 0.05) is 18.2 Å². The lowest BCUT2D eigenvalue weighted by Gasteiger charge is -2.22. The van der Waals surface area contributed by atoms with Crippen LogP contribution < -0.4 is 10.1 Å². The minimum absolute atomic E-state index is 0.0513. The Bertz CT molecular complexity index is 681. The van der Waals surface area contributed by atoms with Gasteiger partial charge in [0.25, 0.3) is 0 Å². The second-order valence-corrected chi connectivity index (χ2v) is 6.03. The van der Waals surface area contributed by atoms with Crippen molar-refractivity contribution >= 4 is 16.8 Å². The summed E-state index contributed by atoms with van der Waals surface area (Å²) >= 11 is 0. The smallest absolute Gasteiger partial charge is 0.246 e. The van der Waals surface area contributed by atoms with Crippen molar-refractivity contribution in [1.82, 2.24) is 10.3 Å². The Morgan fingerprint density at radius 2 is 2.20 bits per heavy atom. The van der Waals surface area contributed by atoms with Crippen LogP contribution in [-0.2, 0) is 14.3 Å². The molecule has 1 aromatic heterocycles. The third-order valence-electron chi connectivity index (χ3n) is 4.09. The highest BCUT2D eigenvalue weighted by Gasteiger charge is 2.14. The second kappa shape index (κ2) is 9.34. The molecule has 1 atom stereocenters. The summed E-state index contributed by atoms with van der Waals surface area (Å²) in [6.07, 6.45) is 5.16. The first kappa shape index (κ1) is 17.6. The number of hydrogen-bond donors (Lipinski definition) is 1. The molecule has 0 spiro atoms. The van der Waals surface area contributed by atoms with Crippen LogP contribution in [0.2, 0.25) is 0 Å². The number of nitrogens with zero attached hydrogens (tertiary/aromatic N) is 1. The van der Waals surface area contributed by atoms with Crippen molar-refractivity contribution in [2.45, 2.75) is 25.4 Å². The fraction of sp³-hybridized carbons (Fsp3) is 0.474. The predicted octanol–water partition coefficient (Wildman–Crippen LogP) is 2.32. The van der Waals surface area contributed by atoms with Crippen molar-refractivity contribution in [3.05, 3.63) is 36.5 Å². The summed E-state index contributed by atoms with van der Waals surface area (Å²) in [6, 6.07) is 9.68. The molecule has 0 unspecified atom stereocenters. The van der Waals surface area contributed by atoms with E-state index in [0.717, 1.165) is 36.1 Å². The minimum atomic E-state index is -0.143. The zero-order valence-corrected chi connectivity index (χ0v) is 14.3. The maximum absolute atomic E-state index is 11.8. The van der Waals surface area contributed by atoms with Crippen LogP contribution in [-0.4, -0.2) is 50.0 Å².